The maximum absolute atomic E-state index is 5.98. The van der Waals surface area contributed by atoms with Crippen LogP contribution in [0.4, 0.5) is 5.95 Å². The van der Waals surface area contributed by atoms with E-state index in [0.29, 0.717) is 16.0 Å². The van der Waals surface area contributed by atoms with E-state index in [9.17, 15) is 0 Å². The van der Waals surface area contributed by atoms with Gasteiger partial charge in [0.05, 0.1) is 0 Å². The van der Waals surface area contributed by atoms with Gasteiger partial charge in [-0.2, -0.15) is 0 Å². The number of aromatic nitrogens is 2. The van der Waals surface area contributed by atoms with Crippen LogP contribution in [-0.4, -0.2) is 9.97 Å². The highest BCUT2D eigenvalue weighted by Crippen LogP contribution is 2.67. The second-order valence-electron chi connectivity index (χ2n) is 13.0. The number of anilines is 1. The van der Waals surface area contributed by atoms with Crippen LogP contribution in [0.15, 0.2) is 5.57 Å². The van der Waals surface area contributed by atoms with Gasteiger partial charge in [0.15, 0.2) is 5.95 Å². The fourth-order valence-corrected chi connectivity index (χ4v) is 9.48. The number of nitrogens with two attached hydrogens (primary N) is 1. The van der Waals surface area contributed by atoms with E-state index in [2.05, 4.69) is 50.7 Å². The third-order valence-corrected chi connectivity index (χ3v) is 11.2. The molecule has 182 valence electrons. The molecule has 7 atom stereocenters. The van der Waals surface area contributed by atoms with Crippen molar-refractivity contribution in [2.24, 2.45) is 46.3 Å². The van der Waals surface area contributed by atoms with Gasteiger partial charge in [0.2, 0.25) is 0 Å². The van der Waals surface area contributed by atoms with Gasteiger partial charge in [0.1, 0.15) is 4.64 Å². The summed E-state index contributed by atoms with van der Waals surface area (Å²) in [6.07, 6.45) is 16.0. The highest BCUT2D eigenvalue weighted by Gasteiger charge is 2.59. The summed E-state index contributed by atoms with van der Waals surface area (Å²) in [5.74, 6) is 5.65. The van der Waals surface area contributed by atoms with Gasteiger partial charge < -0.3 is 10.7 Å². The minimum atomic E-state index is 0.234. The molecule has 4 aliphatic carbocycles. The maximum atomic E-state index is 5.98. The van der Waals surface area contributed by atoms with Crippen LogP contribution in [0.5, 0.6) is 0 Å². The predicted octanol–water partition coefficient (Wildman–Crippen LogP) is 7.98. The lowest BCUT2D eigenvalue weighted by Crippen LogP contribution is -2.51. The van der Waals surface area contributed by atoms with Crippen molar-refractivity contribution in [3.63, 3.8) is 0 Å². The number of hydrogen-bond donors (Lipinski definition) is 2. The summed E-state index contributed by atoms with van der Waals surface area (Å²) in [7, 11) is 0. The fraction of sp³-hybridized carbons (Fsp3) is 0.793. The van der Waals surface area contributed by atoms with E-state index in [-0.39, 0.29) is 5.41 Å². The fourth-order valence-electron chi connectivity index (χ4n) is 9.20. The van der Waals surface area contributed by atoms with Crippen LogP contribution in [0.2, 0.25) is 0 Å². The number of hydrogen-bond acceptors (Lipinski definition) is 3. The number of aromatic amines is 1. The van der Waals surface area contributed by atoms with E-state index >= 15 is 0 Å². The van der Waals surface area contributed by atoms with Crippen molar-refractivity contribution in [1.82, 2.24) is 9.97 Å². The van der Waals surface area contributed by atoms with Gasteiger partial charge >= 0.3 is 0 Å². The summed E-state index contributed by atoms with van der Waals surface area (Å²) in [5, 5.41) is 0. The Morgan fingerprint density at radius 2 is 1.91 bits per heavy atom. The highest BCUT2D eigenvalue weighted by molar-refractivity contribution is 7.71. The van der Waals surface area contributed by atoms with Crippen LogP contribution < -0.4 is 5.73 Å². The van der Waals surface area contributed by atoms with Gasteiger partial charge in [-0.15, -0.1) is 0 Å². The van der Waals surface area contributed by atoms with E-state index in [1.165, 1.54) is 63.4 Å². The van der Waals surface area contributed by atoms with Crippen molar-refractivity contribution in [3.05, 3.63) is 21.5 Å². The zero-order valence-corrected chi connectivity index (χ0v) is 22.4. The number of nitrogens with zero attached hydrogens (tertiary/aromatic N) is 1. The van der Waals surface area contributed by atoms with Crippen molar-refractivity contribution in [3.8, 4) is 0 Å². The molecule has 0 bridgehead atoms. The molecular formula is C29H45N3S. The van der Waals surface area contributed by atoms with Crippen LogP contribution in [-0.2, 0) is 6.42 Å². The number of rotatable bonds is 5. The third-order valence-electron chi connectivity index (χ3n) is 10.9. The first-order valence-electron chi connectivity index (χ1n) is 13.7. The Bertz CT molecular complexity index is 993. The van der Waals surface area contributed by atoms with E-state index in [1.54, 1.807) is 5.57 Å². The summed E-state index contributed by atoms with van der Waals surface area (Å²) in [5.41, 5.74) is 10.7. The Morgan fingerprint density at radius 3 is 2.67 bits per heavy atom. The molecule has 4 heteroatoms. The minimum Gasteiger partial charge on any atom is -0.369 e. The monoisotopic (exact) mass is 467 g/mol. The van der Waals surface area contributed by atoms with Crippen molar-refractivity contribution in [2.75, 3.05) is 5.73 Å². The summed E-state index contributed by atoms with van der Waals surface area (Å²) in [4.78, 5) is 7.70. The maximum Gasteiger partial charge on any atom is 0.199 e. The standard InChI is InChI=1S/C29H45N3S/c1-17(2)7-6-8-18(3)22-11-12-23-20-10-9-19-15-25-21(26(33)32-27(30)31-25)16-29(19,5)24(20)13-14-28(22,23)4/h15,17-18,20,22-24H,6-14,16H2,1-5H3,(H3,30,31,32,33)/t18-,20+,22-,23+,24+,28-,29+/m1/s1. The Balaban J connectivity index is 1.38. The number of nitrogens with one attached hydrogen (secondary N) is 1. The number of fused-ring (bicyclic) bond motifs is 6. The van der Waals surface area contributed by atoms with Crippen molar-refractivity contribution >= 4 is 24.2 Å². The molecule has 1 aromatic heterocycles. The summed E-state index contributed by atoms with van der Waals surface area (Å²) in [6, 6.07) is 0. The molecule has 0 unspecified atom stereocenters. The topological polar surface area (TPSA) is 54.7 Å². The van der Waals surface area contributed by atoms with E-state index in [4.69, 9.17) is 18.0 Å². The van der Waals surface area contributed by atoms with Crippen LogP contribution in [0.25, 0.3) is 6.08 Å². The summed E-state index contributed by atoms with van der Waals surface area (Å²) in [6.45, 7) is 12.6. The number of nitrogen functional groups attached to an aromatic ring is 1. The molecule has 0 radical (unpaired) electrons. The lowest BCUT2D eigenvalue weighted by molar-refractivity contribution is -0.0551. The second kappa shape index (κ2) is 8.50. The first-order valence-corrected chi connectivity index (χ1v) is 14.1. The summed E-state index contributed by atoms with van der Waals surface area (Å²) >= 11 is 5.66. The van der Waals surface area contributed by atoms with E-state index < -0.39 is 0 Å². The SMILES string of the molecule is CC(C)CCC[C@@H](C)[C@H]1CC[C@H]2[C@@H]3CCC4=Cc5[nH]c(N)nc(=S)c5C[C@]4(C)[C@H]3CC[C@]12C. The molecule has 0 spiro atoms. The molecule has 0 saturated heterocycles. The molecule has 0 aromatic carbocycles. The van der Waals surface area contributed by atoms with Crippen LogP contribution in [0.1, 0.15) is 104 Å². The van der Waals surface area contributed by atoms with Crippen molar-refractivity contribution in [1.29, 1.82) is 0 Å². The molecule has 3 saturated carbocycles. The molecule has 3 N–H and O–H groups in total. The first kappa shape index (κ1) is 23.6. The Hall–Kier alpha value is -1.16. The average Bonchev–Trinajstić information content (AvgIpc) is 3.09. The average molecular weight is 468 g/mol. The van der Waals surface area contributed by atoms with Gasteiger partial charge in [-0.25, -0.2) is 4.98 Å². The van der Waals surface area contributed by atoms with Crippen LogP contribution in [0, 0.1) is 51.0 Å². The van der Waals surface area contributed by atoms with Gasteiger partial charge in [0, 0.05) is 11.3 Å². The Kier molecular flexibility index (Phi) is 6.07. The predicted molar refractivity (Wildman–Crippen MR) is 141 cm³/mol. The zero-order chi connectivity index (χ0) is 23.5. The third kappa shape index (κ3) is 3.83. The largest absolute Gasteiger partial charge is 0.369 e. The second-order valence-corrected chi connectivity index (χ2v) is 13.4. The van der Waals surface area contributed by atoms with Crippen molar-refractivity contribution < 1.29 is 0 Å². The molecule has 0 aliphatic heterocycles. The number of H-pyrrole nitrogens is 1. The van der Waals surface area contributed by atoms with E-state index in [1.807, 2.05) is 0 Å². The number of allylic oxidation sites excluding steroid dienone is 1. The molecular weight excluding hydrogens is 422 g/mol. The Morgan fingerprint density at radius 1 is 1.12 bits per heavy atom. The molecule has 1 aromatic rings. The lowest BCUT2D eigenvalue weighted by atomic mass is 9.46. The van der Waals surface area contributed by atoms with Gasteiger partial charge in [-0.3, -0.25) is 0 Å². The highest BCUT2D eigenvalue weighted by atomic mass is 32.1. The molecule has 3 fully saturated rings. The normalized spacial score (nSPS) is 38.2. The van der Waals surface area contributed by atoms with Crippen LogP contribution >= 0.6 is 12.2 Å². The molecule has 3 nitrogen and oxygen atoms in total. The quantitative estimate of drug-likeness (QED) is 0.431. The Labute approximate surface area is 206 Å². The zero-order valence-electron chi connectivity index (χ0n) is 21.5. The molecule has 1 heterocycles. The lowest BCUT2D eigenvalue weighted by Gasteiger charge is -2.58. The molecule has 4 aliphatic rings. The van der Waals surface area contributed by atoms with E-state index in [0.717, 1.165) is 47.6 Å². The smallest absolute Gasteiger partial charge is 0.199 e. The van der Waals surface area contributed by atoms with Gasteiger partial charge in [0.25, 0.3) is 0 Å². The molecule has 5 rings (SSSR count). The van der Waals surface area contributed by atoms with Crippen LogP contribution in [0.3, 0.4) is 0 Å². The van der Waals surface area contributed by atoms with Crippen molar-refractivity contribution in [2.45, 2.75) is 98.8 Å². The van der Waals surface area contributed by atoms with Gasteiger partial charge in [-0.1, -0.05) is 71.7 Å². The molecule has 33 heavy (non-hydrogen) atoms. The summed E-state index contributed by atoms with van der Waals surface area (Å²) < 4.78 is 0.705. The molecule has 0 amide bonds. The minimum absolute atomic E-state index is 0.234. The van der Waals surface area contributed by atoms with Gasteiger partial charge in [-0.05, 0) is 97.4 Å². The first-order chi connectivity index (χ1) is 15.6.